The number of unbranched alkanes of at least 4 members (excludes halogenated alkanes) is 2. The minimum atomic E-state index is -1.94. The van der Waals surface area contributed by atoms with Crippen LogP contribution < -0.4 is 21.1 Å². The van der Waals surface area contributed by atoms with Crippen LogP contribution in [0.4, 0.5) is 11.4 Å². The van der Waals surface area contributed by atoms with Crippen molar-refractivity contribution >= 4 is 52.4 Å². The molecule has 1 aliphatic carbocycles. The van der Waals surface area contributed by atoms with Gasteiger partial charge in [0, 0.05) is 30.1 Å². The smallest absolute Gasteiger partial charge is 0.355 e. The number of aromatic nitrogens is 2. The summed E-state index contributed by atoms with van der Waals surface area (Å²) in [4.78, 5) is 78.3. The van der Waals surface area contributed by atoms with Gasteiger partial charge in [-0.1, -0.05) is 52.0 Å². The van der Waals surface area contributed by atoms with Gasteiger partial charge in [0.2, 0.25) is 11.5 Å². The van der Waals surface area contributed by atoms with Crippen molar-refractivity contribution in [3.8, 4) is 11.4 Å². The zero-order valence-electron chi connectivity index (χ0n) is 31.1. The zero-order chi connectivity index (χ0) is 38.1. The van der Waals surface area contributed by atoms with Gasteiger partial charge in [0.15, 0.2) is 0 Å². The van der Waals surface area contributed by atoms with Gasteiger partial charge in [-0.3, -0.25) is 14.4 Å². The first kappa shape index (κ1) is 37.2. The van der Waals surface area contributed by atoms with Crippen molar-refractivity contribution in [2.45, 2.75) is 128 Å². The molecule has 0 radical (unpaired) electrons. The second kappa shape index (κ2) is 15.3. The van der Waals surface area contributed by atoms with Crippen molar-refractivity contribution in [2.75, 3.05) is 11.4 Å². The van der Waals surface area contributed by atoms with E-state index < -0.39 is 47.9 Å². The Hall–Kier alpha value is -5.11. The van der Waals surface area contributed by atoms with Gasteiger partial charge in [-0.05, 0) is 57.2 Å². The molecule has 5 heterocycles. The number of hydrogen-bond donors (Lipinski definition) is 3. The van der Waals surface area contributed by atoms with Crippen LogP contribution in [0.15, 0.2) is 34.1 Å². The maximum atomic E-state index is 14.3. The number of amides is 1. The summed E-state index contributed by atoms with van der Waals surface area (Å²) in [5.74, 6) is -3.45. The number of nitrogens with one attached hydrogen (secondary N) is 2. The Kier molecular flexibility index (Phi) is 10.6. The lowest BCUT2D eigenvalue weighted by molar-refractivity contribution is -0.189. The van der Waals surface area contributed by atoms with Crippen LogP contribution in [0.5, 0.6) is 0 Å². The molecule has 0 saturated heterocycles. The van der Waals surface area contributed by atoms with E-state index in [0.29, 0.717) is 11.4 Å². The number of fused-ring (bicyclic) bond motifs is 5. The largest absolute Gasteiger partial charge is 0.480 e. The third kappa shape index (κ3) is 6.76. The summed E-state index contributed by atoms with van der Waals surface area (Å²) < 4.78 is 13.1. The summed E-state index contributed by atoms with van der Waals surface area (Å²) in [7, 11) is 0. The number of pyridine rings is 2. The van der Waals surface area contributed by atoms with E-state index in [4.69, 9.17) is 19.5 Å². The molecule has 14 heteroatoms. The summed E-state index contributed by atoms with van der Waals surface area (Å²) in [6.45, 7) is 6.22. The van der Waals surface area contributed by atoms with Crippen LogP contribution in [0.2, 0.25) is 0 Å². The molecule has 7 rings (SSSR count). The number of aliphatic imine (C=N–C) groups is 1. The number of carbonyl (C=O) groups excluding carboxylic acids is 3. The second-order valence-corrected chi connectivity index (χ2v) is 14.8. The predicted octanol–water partition coefficient (Wildman–Crippen LogP) is 4.96. The Balaban J connectivity index is 1.15. The molecule has 0 bridgehead atoms. The van der Waals surface area contributed by atoms with E-state index in [-0.39, 0.29) is 48.7 Å². The zero-order valence-corrected chi connectivity index (χ0v) is 31.1. The number of carboxylic acid groups (broad SMARTS) is 1. The van der Waals surface area contributed by atoms with E-state index in [9.17, 15) is 29.1 Å². The lowest BCUT2D eigenvalue weighted by Gasteiger charge is -2.35. The minimum absolute atomic E-state index is 0.0365. The SMILES string of the molecule is CCCCCN1C=Nc2cccc3nc4c(c1c23)Cn1c-4cc2c(c1=O)COC(=O)[C@@]2(CC)OC(=O)CC[C@H](NC(=O)C(C)NC1CCCCC1)C(=O)O. The Bertz CT molecular complexity index is 2090. The predicted molar refractivity (Wildman–Crippen MR) is 202 cm³/mol. The molecule has 286 valence electrons. The van der Waals surface area contributed by atoms with E-state index in [1.54, 1.807) is 24.5 Å². The molecular weight excluding hydrogens is 692 g/mol. The molecule has 54 heavy (non-hydrogen) atoms. The van der Waals surface area contributed by atoms with Crippen molar-refractivity contribution in [2.24, 2.45) is 4.99 Å². The van der Waals surface area contributed by atoms with Gasteiger partial charge >= 0.3 is 17.9 Å². The molecule has 3 N–H and O–H groups in total. The summed E-state index contributed by atoms with van der Waals surface area (Å²) >= 11 is 0. The summed E-state index contributed by atoms with van der Waals surface area (Å²) in [6.07, 6.45) is 9.46. The topological polar surface area (TPSA) is 182 Å². The van der Waals surface area contributed by atoms with Gasteiger partial charge in [-0.15, -0.1) is 0 Å². The number of aliphatic carboxylic acids is 1. The maximum absolute atomic E-state index is 14.3. The Morgan fingerprint density at radius 2 is 1.91 bits per heavy atom. The van der Waals surface area contributed by atoms with Crippen molar-refractivity contribution < 1.29 is 33.8 Å². The van der Waals surface area contributed by atoms with E-state index in [1.807, 2.05) is 24.5 Å². The second-order valence-electron chi connectivity index (χ2n) is 14.8. The first-order chi connectivity index (χ1) is 26.1. The lowest BCUT2D eigenvalue weighted by Crippen LogP contribution is -2.51. The summed E-state index contributed by atoms with van der Waals surface area (Å²) in [6, 6.07) is 5.70. The number of nitrogens with zero attached hydrogens (tertiary/aromatic N) is 4. The third-order valence-corrected chi connectivity index (χ3v) is 11.3. The molecule has 1 aromatic carbocycles. The quantitative estimate of drug-likeness (QED) is 0.117. The number of esters is 2. The molecule has 0 spiro atoms. The molecule has 3 aliphatic heterocycles. The number of carbonyl (C=O) groups is 4. The Labute approximate surface area is 313 Å². The normalized spacial score (nSPS) is 19.8. The maximum Gasteiger partial charge on any atom is 0.355 e. The van der Waals surface area contributed by atoms with E-state index in [2.05, 4.69) is 22.5 Å². The fourth-order valence-electron chi connectivity index (χ4n) is 8.32. The van der Waals surface area contributed by atoms with Gasteiger partial charge in [0.25, 0.3) is 5.56 Å². The molecule has 14 nitrogen and oxygen atoms in total. The minimum Gasteiger partial charge on any atom is -0.480 e. The number of ether oxygens (including phenoxy) is 2. The molecular formula is C40H48N6O8. The van der Waals surface area contributed by atoms with Crippen molar-refractivity contribution in [3.05, 3.63) is 51.3 Å². The monoisotopic (exact) mass is 740 g/mol. The van der Waals surface area contributed by atoms with E-state index >= 15 is 0 Å². The van der Waals surface area contributed by atoms with Crippen LogP contribution in [0.3, 0.4) is 0 Å². The van der Waals surface area contributed by atoms with Crippen LogP contribution >= 0.6 is 0 Å². The standard InChI is InChI=1S/C40H48N6O8/c1-4-6-10-18-45-22-41-28-14-11-15-29-33(28)35(45)25-20-46-31(34(25)43-29)19-27-26(37(46)49)21-53-39(52)40(27,5-2)54-32(47)17-16-30(38(50)51)44-36(48)23(3)42-24-12-8-7-9-13-24/h11,14-15,19,22-24,30,42H,4-10,12-13,16-18,20-21H2,1-3H3,(H,44,48)(H,50,51)/t23?,30-,40-/m0/s1. The van der Waals surface area contributed by atoms with Crippen molar-refractivity contribution in [1.82, 2.24) is 20.2 Å². The third-order valence-electron chi connectivity index (χ3n) is 11.3. The first-order valence-corrected chi connectivity index (χ1v) is 19.3. The molecule has 1 fully saturated rings. The number of rotatable bonds is 14. The molecule has 2 aromatic heterocycles. The average molecular weight is 741 g/mol. The van der Waals surface area contributed by atoms with Crippen molar-refractivity contribution in [3.63, 3.8) is 0 Å². The van der Waals surface area contributed by atoms with Crippen LogP contribution in [0, 0.1) is 0 Å². The van der Waals surface area contributed by atoms with Gasteiger partial charge < -0.3 is 34.7 Å². The molecule has 3 atom stereocenters. The lowest BCUT2D eigenvalue weighted by atomic mass is 9.85. The van der Waals surface area contributed by atoms with Gasteiger partial charge in [-0.25, -0.2) is 19.6 Å². The van der Waals surface area contributed by atoms with Crippen LogP contribution in [-0.2, 0) is 47.4 Å². The van der Waals surface area contributed by atoms with Crippen LogP contribution in [0.1, 0.15) is 108 Å². The highest BCUT2D eigenvalue weighted by Crippen LogP contribution is 2.47. The fourth-order valence-corrected chi connectivity index (χ4v) is 8.32. The highest BCUT2D eigenvalue weighted by molar-refractivity contribution is 6.11. The number of hydrogen-bond acceptors (Lipinski definition) is 11. The van der Waals surface area contributed by atoms with Crippen LogP contribution in [0.25, 0.3) is 22.3 Å². The van der Waals surface area contributed by atoms with E-state index in [0.717, 1.165) is 85.8 Å². The molecule has 1 amide bonds. The summed E-state index contributed by atoms with van der Waals surface area (Å²) in [5.41, 5.74) is 2.58. The molecule has 1 unspecified atom stereocenters. The number of benzene rings is 1. The first-order valence-electron chi connectivity index (χ1n) is 19.3. The van der Waals surface area contributed by atoms with Crippen molar-refractivity contribution in [1.29, 1.82) is 0 Å². The highest BCUT2D eigenvalue weighted by Gasteiger charge is 2.50. The Morgan fingerprint density at radius 3 is 2.65 bits per heavy atom. The number of anilines is 1. The van der Waals surface area contributed by atoms with Gasteiger partial charge in [0.05, 0.1) is 58.2 Å². The average Bonchev–Trinajstić information content (AvgIpc) is 3.54. The molecule has 1 saturated carbocycles. The number of carboxylic acids is 1. The highest BCUT2D eigenvalue weighted by atomic mass is 16.6. The fraction of sp³-hybridized carbons (Fsp3) is 0.525. The molecule has 4 aliphatic rings. The van der Waals surface area contributed by atoms with Crippen LogP contribution in [-0.4, -0.2) is 69.5 Å². The molecule has 3 aromatic rings. The van der Waals surface area contributed by atoms with Gasteiger partial charge in [0.1, 0.15) is 12.6 Å². The number of cyclic esters (lactones) is 1. The summed E-state index contributed by atoms with van der Waals surface area (Å²) in [5, 5.41) is 16.6. The Morgan fingerprint density at radius 1 is 1.11 bits per heavy atom. The van der Waals surface area contributed by atoms with E-state index in [1.165, 1.54) is 0 Å². The van der Waals surface area contributed by atoms with Gasteiger partial charge in [-0.2, -0.15) is 0 Å².